The number of halogens is 1. The van der Waals surface area contributed by atoms with E-state index in [2.05, 4.69) is 9.94 Å². The van der Waals surface area contributed by atoms with Crippen molar-refractivity contribution in [2.24, 2.45) is 5.92 Å². The lowest BCUT2D eigenvalue weighted by Gasteiger charge is -2.12. The lowest BCUT2D eigenvalue weighted by molar-refractivity contribution is 0.0697. The standard InChI is InChI=1S/C15H14ClN3O3/c1-9(2)8-22-13-5-4-10(6-12(13)17-3)19-14(16)11(7-18-19)15(20)21/h4-7,9H,8H2,1-2H3,(H,20,21). The zero-order valence-corrected chi connectivity index (χ0v) is 12.8. The normalized spacial score (nSPS) is 10.5. The molecule has 0 saturated heterocycles. The van der Waals surface area contributed by atoms with E-state index in [1.54, 1.807) is 18.2 Å². The molecule has 7 heteroatoms. The molecule has 0 amide bonds. The topological polar surface area (TPSA) is 68.7 Å². The van der Waals surface area contributed by atoms with Crippen molar-refractivity contribution in [1.82, 2.24) is 9.78 Å². The van der Waals surface area contributed by atoms with E-state index in [4.69, 9.17) is 28.0 Å². The summed E-state index contributed by atoms with van der Waals surface area (Å²) in [6.45, 7) is 11.8. The molecule has 0 atom stereocenters. The maximum Gasteiger partial charge on any atom is 0.340 e. The Hall–Kier alpha value is -2.52. The van der Waals surface area contributed by atoms with Crippen molar-refractivity contribution in [3.8, 4) is 11.4 Å². The summed E-state index contributed by atoms with van der Waals surface area (Å²) in [5.74, 6) is -0.329. The van der Waals surface area contributed by atoms with Gasteiger partial charge in [-0.25, -0.2) is 14.3 Å². The van der Waals surface area contributed by atoms with Gasteiger partial charge in [-0.05, 0) is 24.1 Å². The second-order valence-corrected chi connectivity index (χ2v) is 5.39. The summed E-state index contributed by atoms with van der Waals surface area (Å²) in [6, 6.07) is 4.89. The van der Waals surface area contributed by atoms with Crippen molar-refractivity contribution in [3.63, 3.8) is 0 Å². The Morgan fingerprint density at radius 2 is 2.27 bits per heavy atom. The molecule has 0 bridgehead atoms. The molecule has 6 nitrogen and oxygen atoms in total. The van der Waals surface area contributed by atoms with Crippen LogP contribution in [0.1, 0.15) is 24.2 Å². The average Bonchev–Trinajstić information content (AvgIpc) is 2.86. The largest absolute Gasteiger partial charge is 0.504 e. The highest BCUT2D eigenvalue weighted by molar-refractivity contribution is 6.32. The van der Waals surface area contributed by atoms with E-state index in [1.807, 2.05) is 13.8 Å². The minimum atomic E-state index is -1.15. The maximum atomic E-state index is 11.0. The Labute approximate surface area is 132 Å². The molecule has 0 aliphatic heterocycles. The molecule has 0 spiro atoms. The molecule has 0 radical (unpaired) electrons. The van der Waals surface area contributed by atoms with Gasteiger partial charge >= 0.3 is 5.97 Å². The second kappa shape index (κ2) is 6.50. The Balaban J connectivity index is 2.38. The zero-order valence-electron chi connectivity index (χ0n) is 12.1. The molecule has 1 aromatic heterocycles. The third-order valence-electron chi connectivity index (χ3n) is 2.82. The molecule has 1 aromatic carbocycles. The second-order valence-electron chi connectivity index (χ2n) is 5.03. The van der Waals surface area contributed by atoms with Crippen molar-refractivity contribution < 1.29 is 14.6 Å². The molecule has 2 aromatic rings. The minimum absolute atomic E-state index is 0.0146. The van der Waals surface area contributed by atoms with Crippen LogP contribution in [0.5, 0.6) is 5.75 Å². The van der Waals surface area contributed by atoms with Crippen LogP contribution in [0.25, 0.3) is 10.5 Å². The van der Waals surface area contributed by atoms with Gasteiger partial charge in [-0.3, -0.25) is 0 Å². The molecule has 0 fully saturated rings. The predicted molar refractivity (Wildman–Crippen MR) is 82.1 cm³/mol. The number of nitrogens with zero attached hydrogens (tertiary/aromatic N) is 3. The first-order valence-corrected chi connectivity index (χ1v) is 6.93. The van der Waals surface area contributed by atoms with E-state index in [9.17, 15) is 4.79 Å². The number of carboxylic acid groups (broad SMARTS) is 1. The molecular weight excluding hydrogens is 306 g/mol. The third kappa shape index (κ3) is 3.21. The highest BCUT2D eigenvalue weighted by Crippen LogP contribution is 2.31. The Kier molecular flexibility index (Phi) is 4.68. The van der Waals surface area contributed by atoms with Gasteiger partial charge in [0, 0.05) is 0 Å². The molecular formula is C15H14ClN3O3. The molecule has 0 unspecified atom stereocenters. The van der Waals surface area contributed by atoms with Gasteiger partial charge < -0.3 is 9.84 Å². The molecule has 0 saturated carbocycles. The fourth-order valence-corrected chi connectivity index (χ4v) is 2.03. The number of aromatic nitrogens is 2. The molecule has 22 heavy (non-hydrogen) atoms. The number of hydrogen-bond donors (Lipinski definition) is 1. The zero-order chi connectivity index (χ0) is 16.3. The van der Waals surface area contributed by atoms with Crippen LogP contribution in [0.2, 0.25) is 5.15 Å². The van der Waals surface area contributed by atoms with Crippen LogP contribution in [-0.4, -0.2) is 27.5 Å². The summed E-state index contributed by atoms with van der Waals surface area (Å²) in [6.07, 6.45) is 1.17. The summed E-state index contributed by atoms with van der Waals surface area (Å²) in [4.78, 5) is 14.4. The van der Waals surface area contributed by atoms with Gasteiger partial charge in [-0.1, -0.05) is 25.4 Å². The number of aromatic carboxylic acids is 1. The lowest BCUT2D eigenvalue weighted by atomic mass is 10.2. The quantitative estimate of drug-likeness (QED) is 0.851. The van der Waals surface area contributed by atoms with Crippen LogP contribution in [-0.2, 0) is 0 Å². The smallest absolute Gasteiger partial charge is 0.340 e. The Morgan fingerprint density at radius 1 is 1.55 bits per heavy atom. The summed E-state index contributed by atoms with van der Waals surface area (Å²) >= 11 is 6.00. The van der Waals surface area contributed by atoms with Gasteiger partial charge in [0.05, 0.1) is 25.1 Å². The highest BCUT2D eigenvalue weighted by Gasteiger charge is 2.17. The van der Waals surface area contributed by atoms with E-state index in [0.29, 0.717) is 29.6 Å². The number of carbonyl (C=O) groups is 1. The van der Waals surface area contributed by atoms with Crippen LogP contribution in [0, 0.1) is 12.5 Å². The van der Waals surface area contributed by atoms with Gasteiger partial charge in [0.1, 0.15) is 16.5 Å². The molecule has 2 rings (SSSR count). The van der Waals surface area contributed by atoms with Gasteiger partial charge in [0.25, 0.3) is 0 Å². The van der Waals surface area contributed by atoms with Crippen molar-refractivity contribution in [2.75, 3.05) is 6.61 Å². The fourth-order valence-electron chi connectivity index (χ4n) is 1.76. The van der Waals surface area contributed by atoms with Crippen LogP contribution in [0.4, 0.5) is 5.69 Å². The number of ether oxygens (including phenoxy) is 1. The summed E-state index contributed by atoms with van der Waals surface area (Å²) in [5, 5.41) is 12.9. The van der Waals surface area contributed by atoms with Crippen LogP contribution in [0.3, 0.4) is 0 Å². The lowest BCUT2D eigenvalue weighted by Crippen LogP contribution is -2.05. The average molecular weight is 320 g/mol. The van der Waals surface area contributed by atoms with Crippen LogP contribution < -0.4 is 4.74 Å². The molecule has 0 aliphatic carbocycles. The van der Waals surface area contributed by atoms with Gasteiger partial charge in [-0.15, -0.1) is 0 Å². The highest BCUT2D eigenvalue weighted by atomic mass is 35.5. The van der Waals surface area contributed by atoms with E-state index in [0.717, 1.165) is 0 Å². The van der Waals surface area contributed by atoms with E-state index in [1.165, 1.54) is 10.9 Å². The molecule has 1 heterocycles. The molecule has 114 valence electrons. The first kappa shape index (κ1) is 15.9. The van der Waals surface area contributed by atoms with Crippen LogP contribution >= 0.6 is 11.6 Å². The van der Waals surface area contributed by atoms with Crippen molar-refractivity contribution in [2.45, 2.75) is 13.8 Å². The summed E-state index contributed by atoms with van der Waals surface area (Å²) in [7, 11) is 0. The Bertz CT molecular complexity index is 747. The van der Waals surface area contributed by atoms with E-state index in [-0.39, 0.29) is 10.7 Å². The number of benzene rings is 1. The minimum Gasteiger partial charge on any atom is -0.504 e. The van der Waals surface area contributed by atoms with Crippen molar-refractivity contribution >= 4 is 23.3 Å². The first-order valence-electron chi connectivity index (χ1n) is 6.55. The van der Waals surface area contributed by atoms with Crippen molar-refractivity contribution in [1.29, 1.82) is 0 Å². The van der Waals surface area contributed by atoms with Gasteiger partial charge in [0.15, 0.2) is 0 Å². The molecule has 1 N–H and O–H groups in total. The fraction of sp³-hybridized carbons (Fsp3) is 0.267. The SMILES string of the molecule is [C-]#[N+]c1cc(-n2ncc(C(=O)O)c2Cl)ccc1OCC(C)C. The number of carboxylic acids is 1. The number of hydrogen-bond acceptors (Lipinski definition) is 3. The summed E-state index contributed by atoms with van der Waals surface area (Å²) in [5.41, 5.74) is 0.730. The predicted octanol–water partition coefficient (Wildman–Crippen LogP) is 3.81. The van der Waals surface area contributed by atoms with Gasteiger partial charge in [-0.2, -0.15) is 5.10 Å². The number of rotatable bonds is 5. The van der Waals surface area contributed by atoms with E-state index < -0.39 is 5.97 Å². The van der Waals surface area contributed by atoms with E-state index >= 15 is 0 Å². The monoisotopic (exact) mass is 319 g/mol. The van der Waals surface area contributed by atoms with Crippen molar-refractivity contribution in [3.05, 3.63) is 46.5 Å². The third-order valence-corrected chi connectivity index (χ3v) is 3.18. The first-order chi connectivity index (χ1) is 10.4. The van der Waals surface area contributed by atoms with Crippen LogP contribution in [0.15, 0.2) is 24.4 Å². The molecule has 0 aliphatic rings. The maximum absolute atomic E-state index is 11.0. The Morgan fingerprint density at radius 3 is 2.82 bits per heavy atom. The summed E-state index contributed by atoms with van der Waals surface area (Å²) < 4.78 is 6.85. The van der Waals surface area contributed by atoms with Gasteiger partial charge in [0.2, 0.25) is 5.69 Å².